The highest BCUT2D eigenvalue weighted by Crippen LogP contribution is 2.27. The summed E-state index contributed by atoms with van der Waals surface area (Å²) in [5.41, 5.74) is 2.32. The van der Waals surface area contributed by atoms with Crippen LogP contribution < -0.4 is 10.1 Å². The van der Waals surface area contributed by atoms with E-state index < -0.39 is 10.8 Å². The molecule has 2 aromatic rings. The highest BCUT2D eigenvalue weighted by molar-refractivity contribution is 5.96. The van der Waals surface area contributed by atoms with Crippen molar-refractivity contribution in [2.24, 2.45) is 0 Å². The van der Waals surface area contributed by atoms with Gasteiger partial charge in [0.05, 0.1) is 23.6 Å². The number of ether oxygens (including phenoxy) is 1. The molecule has 0 aliphatic heterocycles. The van der Waals surface area contributed by atoms with Crippen LogP contribution in [0.2, 0.25) is 0 Å². The van der Waals surface area contributed by atoms with Gasteiger partial charge >= 0.3 is 0 Å². The number of methoxy groups -OCH3 is 1. The van der Waals surface area contributed by atoms with Gasteiger partial charge in [-0.1, -0.05) is 18.2 Å². The lowest BCUT2D eigenvalue weighted by molar-refractivity contribution is -0.384. The number of hydrogen-bond acceptors (Lipinski definition) is 4. The van der Waals surface area contributed by atoms with E-state index in [1.54, 1.807) is 32.2 Å². The van der Waals surface area contributed by atoms with Gasteiger partial charge in [0.25, 0.3) is 5.69 Å². The maximum absolute atomic E-state index is 12.4. The van der Waals surface area contributed by atoms with E-state index in [2.05, 4.69) is 5.32 Å². The fourth-order valence-corrected chi connectivity index (χ4v) is 2.20. The lowest BCUT2D eigenvalue weighted by atomic mass is 10.00. The number of hydrogen-bond donors (Lipinski definition) is 1. The van der Waals surface area contributed by atoms with Crippen LogP contribution in [-0.2, 0) is 4.79 Å². The molecule has 0 radical (unpaired) electrons. The van der Waals surface area contributed by atoms with Crippen LogP contribution in [0.25, 0.3) is 0 Å². The normalized spacial score (nSPS) is 11.6. The molecule has 6 nitrogen and oxygen atoms in total. The molecule has 0 heterocycles. The third-order valence-electron chi connectivity index (χ3n) is 3.61. The zero-order chi connectivity index (χ0) is 17.0. The molecular weight excluding hydrogens is 296 g/mol. The van der Waals surface area contributed by atoms with E-state index in [0.29, 0.717) is 17.0 Å². The van der Waals surface area contributed by atoms with E-state index in [4.69, 9.17) is 4.74 Å². The second kappa shape index (κ2) is 6.91. The smallest absolute Gasteiger partial charge is 0.269 e. The van der Waals surface area contributed by atoms with Crippen LogP contribution in [0.4, 0.5) is 11.4 Å². The Bertz CT molecular complexity index is 726. The molecule has 0 unspecified atom stereocenters. The van der Waals surface area contributed by atoms with Crippen molar-refractivity contribution >= 4 is 17.3 Å². The van der Waals surface area contributed by atoms with Crippen molar-refractivity contribution in [2.45, 2.75) is 19.8 Å². The van der Waals surface area contributed by atoms with E-state index in [1.165, 1.54) is 12.1 Å². The van der Waals surface area contributed by atoms with Crippen molar-refractivity contribution in [2.75, 3.05) is 12.4 Å². The average molecular weight is 314 g/mol. The Morgan fingerprint density at radius 3 is 2.43 bits per heavy atom. The number of nitrogens with one attached hydrogen (secondary N) is 1. The second-order valence-electron chi connectivity index (χ2n) is 5.26. The molecule has 2 rings (SSSR count). The number of amides is 1. The summed E-state index contributed by atoms with van der Waals surface area (Å²) in [6, 6.07) is 11.5. The van der Waals surface area contributed by atoms with Crippen LogP contribution >= 0.6 is 0 Å². The minimum atomic E-state index is -0.466. The molecule has 1 amide bonds. The lowest BCUT2D eigenvalue weighted by Crippen LogP contribution is -2.19. The summed E-state index contributed by atoms with van der Waals surface area (Å²) in [5.74, 6) is -0.0661. The highest BCUT2D eigenvalue weighted by atomic mass is 16.6. The van der Waals surface area contributed by atoms with Gasteiger partial charge in [0.15, 0.2) is 0 Å². The zero-order valence-corrected chi connectivity index (χ0v) is 13.2. The molecule has 1 atom stereocenters. The van der Waals surface area contributed by atoms with Gasteiger partial charge in [-0.2, -0.15) is 0 Å². The Balaban J connectivity index is 2.17. The lowest BCUT2D eigenvalue weighted by Gasteiger charge is -2.15. The van der Waals surface area contributed by atoms with E-state index >= 15 is 0 Å². The Kier molecular flexibility index (Phi) is 4.95. The molecule has 0 spiro atoms. The SMILES string of the molecule is COc1ccc(C)cc1NC(=O)[C@@H](C)c1ccc([N+](=O)[O-])cc1. The standard InChI is InChI=1S/C17H18N2O4/c1-11-4-9-16(23-3)15(10-11)18-17(20)12(2)13-5-7-14(8-6-13)19(21)22/h4-10,12H,1-3H3,(H,18,20)/t12-/m0/s1. The van der Waals surface area contributed by atoms with Crippen LogP contribution in [0.1, 0.15) is 24.0 Å². The topological polar surface area (TPSA) is 81.5 Å². The number of carbonyl (C=O) groups is 1. The van der Waals surface area contributed by atoms with Gasteiger partial charge in [-0.15, -0.1) is 0 Å². The number of non-ortho nitro benzene ring substituents is 1. The van der Waals surface area contributed by atoms with Gasteiger partial charge in [-0.3, -0.25) is 14.9 Å². The van der Waals surface area contributed by atoms with Gasteiger partial charge in [-0.05, 0) is 37.1 Å². The van der Waals surface area contributed by atoms with Crippen LogP contribution in [-0.4, -0.2) is 17.9 Å². The van der Waals surface area contributed by atoms with Crippen LogP contribution in [0.5, 0.6) is 5.75 Å². The Morgan fingerprint density at radius 2 is 1.87 bits per heavy atom. The molecule has 1 N–H and O–H groups in total. The van der Waals surface area contributed by atoms with Crippen molar-refractivity contribution in [3.05, 3.63) is 63.7 Å². The number of nitro benzene ring substituents is 1. The molecule has 0 aromatic heterocycles. The number of benzene rings is 2. The molecule has 0 fully saturated rings. The van der Waals surface area contributed by atoms with Gasteiger partial charge in [0.2, 0.25) is 5.91 Å². The first-order chi connectivity index (χ1) is 10.9. The number of carbonyl (C=O) groups excluding carboxylic acids is 1. The van der Waals surface area contributed by atoms with Gasteiger partial charge in [-0.25, -0.2) is 0 Å². The summed E-state index contributed by atoms with van der Waals surface area (Å²) in [4.78, 5) is 22.6. The molecule has 120 valence electrons. The average Bonchev–Trinajstić information content (AvgIpc) is 2.54. The molecule has 2 aromatic carbocycles. The van der Waals surface area contributed by atoms with Gasteiger partial charge in [0, 0.05) is 12.1 Å². The highest BCUT2D eigenvalue weighted by Gasteiger charge is 2.18. The van der Waals surface area contributed by atoms with Crippen LogP contribution in [0.3, 0.4) is 0 Å². The monoisotopic (exact) mass is 314 g/mol. The summed E-state index contributed by atoms with van der Waals surface area (Å²) in [7, 11) is 1.54. The fraction of sp³-hybridized carbons (Fsp3) is 0.235. The third kappa shape index (κ3) is 3.85. The van der Waals surface area contributed by atoms with Gasteiger partial charge < -0.3 is 10.1 Å². The third-order valence-corrected chi connectivity index (χ3v) is 3.61. The summed E-state index contributed by atoms with van der Waals surface area (Å²) in [6.07, 6.45) is 0. The Morgan fingerprint density at radius 1 is 1.22 bits per heavy atom. The fourth-order valence-electron chi connectivity index (χ4n) is 2.20. The molecule has 23 heavy (non-hydrogen) atoms. The summed E-state index contributed by atoms with van der Waals surface area (Å²) >= 11 is 0. The molecule has 0 bridgehead atoms. The van der Waals surface area contributed by atoms with Crippen molar-refractivity contribution in [3.63, 3.8) is 0 Å². The van der Waals surface area contributed by atoms with E-state index in [0.717, 1.165) is 5.56 Å². The molecule has 6 heteroatoms. The first kappa shape index (κ1) is 16.5. The number of nitrogens with zero attached hydrogens (tertiary/aromatic N) is 1. The molecule has 0 saturated heterocycles. The number of aryl methyl sites for hydroxylation is 1. The van der Waals surface area contributed by atoms with E-state index in [9.17, 15) is 14.9 Å². The van der Waals surface area contributed by atoms with E-state index in [1.807, 2.05) is 19.1 Å². The Labute approximate surface area is 134 Å². The maximum atomic E-state index is 12.4. The first-order valence-electron chi connectivity index (χ1n) is 7.12. The van der Waals surface area contributed by atoms with Gasteiger partial charge in [0.1, 0.15) is 5.75 Å². The van der Waals surface area contributed by atoms with E-state index in [-0.39, 0.29) is 11.6 Å². The van der Waals surface area contributed by atoms with Crippen molar-refractivity contribution in [1.82, 2.24) is 0 Å². The molecule has 0 aliphatic carbocycles. The minimum absolute atomic E-state index is 0.00158. The number of anilines is 1. The predicted octanol–water partition coefficient (Wildman–Crippen LogP) is 3.65. The number of nitro groups is 1. The van der Waals surface area contributed by atoms with Crippen molar-refractivity contribution in [3.8, 4) is 5.75 Å². The zero-order valence-electron chi connectivity index (χ0n) is 13.2. The molecule has 0 aliphatic rings. The maximum Gasteiger partial charge on any atom is 0.269 e. The molecule has 0 saturated carbocycles. The molecular formula is C17H18N2O4. The van der Waals surface area contributed by atoms with Crippen molar-refractivity contribution < 1.29 is 14.5 Å². The predicted molar refractivity (Wildman–Crippen MR) is 87.9 cm³/mol. The summed E-state index contributed by atoms with van der Waals surface area (Å²) < 4.78 is 5.24. The van der Waals surface area contributed by atoms with Crippen LogP contribution in [0.15, 0.2) is 42.5 Å². The van der Waals surface area contributed by atoms with Crippen LogP contribution in [0, 0.1) is 17.0 Å². The Hall–Kier alpha value is -2.89. The minimum Gasteiger partial charge on any atom is -0.495 e. The first-order valence-corrected chi connectivity index (χ1v) is 7.12. The quantitative estimate of drug-likeness (QED) is 0.674. The largest absolute Gasteiger partial charge is 0.495 e. The van der Waals surface area contributed by atoms with Crippen molar-refractivity contribution in [1.29, 1.82) is 0 Å². The summed E-state index contributed by atoms with van der Waals surface area (Å²) in [6.45, 7) is 3.67. The second-order valence-corrected chi connectivity index (χ2v) is 5.26. The number of rotatable bonds is 5. The summed E-state index contributed by atoms with van der Waals surface area (Å²) in [5, 5.41) is 13.5.